The van der Waals surface area contributed by atoms with Crippen molar-refractivity contribution in [1.29, 1.82) is 0 Å². The molecule has 4 aliphatic carbocycles. The van der Waals surface area contributed by atoms with Crippen LogP contribution in [0, 0.1) is 28.6 Å². The van der Waals surface area contributed by atoms with Crippen LogP contribution >= 0.6 is 0 Å². The SMILES string of the molecule is C[C@]12C=CC(=O)C=C1CC[C@@H]1[C@H]2[C@@H](O)C[C@@]2(C)[C@H]1CC[C@]2(O)C(=O)COC(=O)CCC(=O)N[C@@H](CC(=O)O)C(=O)O. The summed E-state index contributed by atoms with van der Waals surface area (Å²) in [7, 11) is 0. The van der Waals surface area contributed by atoms with Crippen molar-refractivity contribution < 1.29 is 53.9 Å². The Morgan fingerprint density at radius 2 is 1.83 bits per heavy atom. The zero-order valence-electron chi connectivity index (χ0n) is 23.1. The van der Waals surface area contributed by atoms with Crippen molar-refractivity contribution in [3.8, 4) is 0 Å². The summed E-state index contributed by atoms with van der Waals surface area (Å²) in [6, 6.07) is -1.65. The van der Waals surface area contributed by atoms with Crippen LogP contribution in [0.2, 0.25) is 0 Å². The Hall–Kier alpha value is -3.38. The van der Waals surface area contributed by atoms with Gasteiger partial charge in [-0.05, 0) is 56.1 Å². The quantitative estimate of drug-likeness (QED) is 0.232. The number of carboxylic acid groups (broad SMARTS) is 2. The fraction of sp³-hybridized carbons (Fsp3) is 0.655. The summed E-state index contributed by atoms with van der Waals surface area (Å²) in [6.45, 7) is 3.11. The number of hydrogen-bond acceptors (Lipinski definition) is 9. The lowest BCUT2D eigenvalue weighted by Gasteiger charge is -2.59. The van der Waals surface area contributed by atoms with E-state index in [4.69, 9.17) is 14.9 Å². The Morgan fingerprint density at radius 3 is 2.49 bits per heavy atom. The molecule has 0 aliphatic heterocycles. The van der Waals surface area contributed by atoms with Crippen molar-refractivity contribution in [2.24, 2.45) is 28.6 Å². The van der Waals surface area contributed by atoms with Crippen LogP contribution < -0.4 is 5.32 Å². The second-order valence-electron chi connectivity index (χ2n) is 12.3. The maximum Gasteiger partial charge on any atom is 0.326 e. The van der Waals surface area contributed by atoms with E-state index in [0.717, 1.165) is 12.0 Å². The molecule has 0 unspecified atom stereocenters. The molecule has 0 bridgehead atoms. The largest absolute Gasteiger partial charge is 0.481 e. The molecule has 3 saturated carbocycles. The van der Waals surface area contributed by atoms with E-state index in [-0.39, 0.29) is 36.4 Å². The molecule has 3 fully saturated rings. The second kappa shape index (κ2) is 11.1. The molecule has 4 rings (SSSR count). The minimum absolute atomic E-state index is 0.0161. The molecule has 0 aromatic rings. The first-order chi connectivity index (χ1) is 19.1. The maximum absolute atomic E-state index is 13.3. The Bertz CT molecular complexity index is 1220. The number of carbonyl (C=O) groups is 6. The average molecular weight is 576 g/mol. The van der Waals surface area contributed by atoms with Crippen LogP contribution in [0.1, 0.15) is 65.2 Å². The van der Waals surface area contributed by atoms with Crippen molar-refractivity contribution in [3.05, 3.63) is 23.8 Å². The minimum atomic E-state index is -1.83. The van der Waals surface area contributed by atoms with E-state index in [1.165, 1.54) is 0 Å². The summed E-state index contributed by atoms with van der Waals surface area (Å²) in [6.07, 6.45) is 4.74. The predicted molar refractivity (Wildman–Crippen MR) is 140 cm³/mol. The number of hydrogen-bond donors (Lipinski definition) is 5. The summed E-state index contributed by atoms with van der Waals surface area (Å²) in [5, 5.41) is 42.9. The molecule has 0 aromatic heterocycles. The number of aliphatic carboxylic acids is 2. The highest BCUT2D eigenvalue weighted by molar-refractivity contribution is 6.01. The summed E-state index contributed by atoms with van der Waals surface area (Å²) in [5.74, 6) is -5.70. The lowest BCUT2D eigenvalue weighted by atomic mass is 9.46. The molecule has 12 nitrogen and oxygen atoms in total. The number of aliphatic hydroxyl groups excluding tert-OH is 1. The molecular weight excluding hydrogens is 538 g/mol. The third kappa shape index (κ3) is 5.46. The van der Waals surface area contributed by atoms with E-state index in [1.54, 1.807) is 19.1 Å². The van der Waals surface area contributed by atoms with Gasteiger partial charge in [0.15, 0.2) is 12.4 Å². The van der Waals surface area contributed by atoms with E-state index in [0.29, 0.717) is 12.8 Å². The van der Waals surface area contributed by atoms with Gasteiger partial charge >= 0.3 is 17.9 Å². The van der Waals surface area contributed by atoms with Crippen LogP contribution in [0.4, 0.5) is 0 Å². The lowest BCUT2D eigenvalue weighted by Crippen LogP contribution is -2.61. The molecule has 0 saturated heterocycles. The van der Waals surface area contributed by atoms with Gasteiger partial charge in [-0.15, -0.1) is 0 Å². The zero-order valence-corrected chi connectivity index (χ0v) is 23.1. The summed E-state index contributed by atoms with van der Waals surface area (Å²) in [5.41, 5.74) is -2.28. The highest BCUT2D eigenvalue weighted by Crippen LogP contribution is 2.67. The number of carboxylic acids is 2. The van der Waals surface area contributed by atoms with Crippen molar-refractivity contribution in [2.75, 3.05) is 6.61 Å². The van der Waals surface area contributed by atoms with Gasteiger partial charge in [0, 0.05) is 23.2 Å². The normalized spacial score (nSPS) is 36.2. The Balaban J connectivity index is 1.37. The van der Waals surface area contributed by atoms with Crippen molar-refractivity contribution in [2.45, 2.75) is 83.0 Å². The number of rotatable bonds is 10. The van der Waals surface area contributed by atoms with E-state index in [2.05, 4.69) is 0 Å². The number of amides is 1. The number of fused-ring (bicyclic) bond motifs is 5. The van der Waals surface area contributed by atoms with Gasteiger partial charge in [-0.2, -0.15) is 0 Å². The highest BCUT2D eigenvalue weighted by Gasteiger charge is 2.68. The van der Waals surface area contributed by atoms with Gasteiger partial charge in [0.25, 0.3) is 0 Å². The topological polar surface area (TPSA) is 205 Å². The van der Waals surface area contributed by atoms with Crippen LogP contribution in [-0.4, -0.2) is 80.2 Å². The first kappa shape index (κ1) is 30.6. The first-order valence-electron chi connectivity index (χ1n) is 13.9. The van der Waals surface area contributed by atoms with Crippen molar-refractivity contribution >= 4 is 35.4 Å². The van der Waals surface area contributed by atoms with Gasteiger partial charge in [0.05, 0.1) is 18.9 Å². The van der Waals surface area contributed by atoms with E-state index >= 15 is 0 Å². The molecule has 5 N–H and O–H groups in total. The predicted octanol–water partition coefficient (Wildman–Crippen LogP) is 0.933. The van der Waals surface area contributed by atoms with E-state index < -0.39 is 84.0 Å². The minimum Gasteiger partial charge on any atom is -0.481 e. The van der Waals surface area contributed by atoms with Gasteiger partial charge in [0.2, 0.25) is 11.7 Å². The highest BCUT2D eigenvalue weighted by atomic mass is 16.5. The molecule has 12 heteroatoms. The van der Waals surface area contributed by atoms with Crippen molar-refractivity contribution in [1.82, 2.24) is 5.32 Å². The number of Topliss-reactive ketones (excluding diaryl/α,β-unsaturated/α-hetero) is 1. The Labute approximate surface area is 236 Å². The van der Waals surface area contributed by atoms with Crippen LogP contribution in [0.3, 0.4) is 0 Å². The van der Waals surface area contributed by atoms with E-state index in [9.17, 15) is 39.0 Å². The molecule has 224 valence electrons. The van der Waals surface area contributed by atoms with Gasteiger partial charge in [-0.25, -0.2) is 4.79 Å². The molecule has 1 amide bonds. The number of esters is 1. The third-order valence-corrected chi connectivity index (χ3v) is 10.0. The van der Waals surface area contributed by atoms with E-state index in [1.807, 2.05) is 18.3 Å². The summed E-state index contributed by atoms with van der Waals surface area (Å²) in [4.78, 5) is 71.4. The molecule has 0 heterocycles. The summed E-state index contributed by atoms with van der Waals surface area (Å²) >= 11 is 0. The van der Waals surface area contributed by atoms with Crippen molar-refractivity contribution in [3.63, 3.8) is 0 Å². The molecular formula is C29H37NO11. The van der Waals surface area contributed by atoms with Gasteiger partial charge in [-0.1, -0.05) is 25.5 Å². The fourth-order valence-electron chi connectivity index (χ4n) is 7.98. The van der Waals surface area contributed by atoms with Gasteiger partial charge in [-0.3, -0.25) is 24.0 Å². The average Bonchev–Trinajstić information content (AvgIpc) is 3.16. The molecule has 4 aliphatic rings. The third-order valence-electron chi connectivity index (χ3n) is 10.0. The number of allylic oxidation sites excluding steroid dienone is 4. The monoisotopic (exact) mass is 575 g/mol. The van der Waals surface area contributed by atoms with Crippen LogP contribution in [0.25, 0.3) is 0 Å². The molecule has 41 heavy (non-hydrogen) atoms. The number of carbonyl (C=O) groups excluding carboxylic acids is 4. The number of ether oxygens (including phenoxy) is 1. The van der Waals surface area contributed by atoms with Crippen LogP contribution in [0.5, 0.6) is 0 Å². The first-order valence-corrected chi connectivity index (χ1v) is 13.9. The summed E-state index contributed by atoms with van der Waals surface area (Å²) < 4.78 is 5.05. The number of ketones is 2. The molecule has 0 aromatic carbocycles. The standard InChI is InChI=1S/C29H37NO11/c1-27-9-7-16(31)11-15(27)3-4-17-18-8-10-29(40,28(18,2)13-20(32)25(17)27)21(33)14-41-24(37)6-5-22(34)30-19(26(38)39)12-23(35)36/h7,9,11,17-20,25,32,40H,3-6,8,10,12-14H2,1-2H3,(H,30,34)(H,35,36)(H,38,39)/t17-,18-,19-,20-,25-,27-,28-,29-/m0/s1. The van der Waals surface area contributed by atoms with Crippen LogP contribution in [-0.2, 0) is 33.5 Å². The maximum atomic E-state index is 13.3. The molecule has 0 spiro atoms. The Morgan fingerprint density at radius 1 is 1.12 bits per heavy atom. The number of nitrogens with one attached hydrogen (secondary N) is 1. The van der Waals surface area contributed by atoms with Gasteiger partial charge in [0.1, 0.15) is 11.6 Å². The second-order valence-corrected chi connectivity index (χ2v) is 12.3. The molecule has 8 atom stereocenters. The van der Waals surface area contributed by atoms with Gasteiger partial charge < -0.3 is 30.5 Å². The van der Waals surface area contributed by atoms with Crippen LogP contribution in [0.15, 0.2) is 23.8 Å². The molecule has 0 radical (unpaired) electrons. The fourth-order valence-corrected chi connectivity index (χ4v) is 7.98. The smallest absolute Gasteiger partial charge is 0.326 e. The Kier molecular flexibility index (Phi) is 8.30. The number of aliphatic hydroxyl groups is 2. The lowest BCUT2D eigenvalue weighted by molar-refractivity contribution is -0.181. The zero-order chi connectivity index (χ0) is 30.3.